The Labute approximate surface area is 122 Å². The van der Waals surface area contributed by atoms with Crippen molar-refractivity contribution in [3.8, 4) is 0 Å². The molecule has 0 fully saturated rings. The minimum absolute atomic E-state index is 0.338. The second kappa shape index (κ2) is 7.39. The van der Waals surface area contributed by atoms with E-state index >= 15 is 0 Å². The molecule has 0 aliphatic heterocycles. The molecule has 0 bridgehead atoms. The van der Waals surface area contributed by atoms with Crippen molar-refractivity contribution in [2.24, 2.45) is 5.73 Å². The third-order valence-corrected chi connectivity index (χ3v) is 4.60. The number of nitrogens with two attached hydrogens (primary N) is 1. The van der Waals surface area contributed by atoms with Crippen LogP contribution in [0.3, 0.4) is 0 Å². The van der Waals surface area contributed by atoms with Crippen LogP contribution in [-0.4, -0.2) is 49.6 Å². The van der Waals surface area contributed by atoms with E-state index in [0.29, 0.717) is 18.6 Å². The number of rotatable bonds is 7. The Morgan fingerprint density at radius 1 is 1.32 bits per heavy atom. The molecule has 0 spiro atoms. The highest BCUT2D eigenvalue weighted by molar-refractivity contribution is 7.12. The third kappa shape index (κ3) is 4.28. The Morgan fingerprint density at radius 2 is 1.95 bits per heavy atom. The number of thiophene rings is 1. The van der Waals surface area contributed by atoms with Gasteiger partial charge in [0.15, 0.2) is 0 Å². The molecule has 110 valence electrons. The Morgan fingerprint density at radius 3 is 2.32 bits per heavy atom. The van der Waals surface area contributed by atoms with Crippen molar-refractivity contribution in [1.82, 2.24) is 9.80 Å². The molecule has 19 heavy (non-hydrogen) atoms. The van der Waals surface area contributed by atoms with Crippen molar-refractivity contribution in [2.45, 2.75) is 39.8 Å². The van der Waals surface area contributed by atoms with E-state index in [1.165, 1.54) is 15.3 Å². The smallest absolute Gasteiger partial charge is 0.0484 e. The summed E-state index contributed by atoms with van der Waals surface area (Å²) in [6, 6.07) is 3.15. The van der Waals surface area contributed by atoms with Gasteiger partial charge in [0.25, 0.3) is 0 Å². The normalized spacial score (nSPS) is 15.2. The van der Waals surface area contributed by atoms with Crippen LogP contribution in [-0.2, 0) is 0 Å². The Balaban J connectivity index is 2.95. The zero-order chi connectivity index (χ0) is 14.6. The van der Waals surface area contributed by atoms with Crippen LogP contribution in [0, 0.1) is 13.8 Å². The predicted octanol–water partition coefficient (Wildman–Crippen LogP) is 2.64. The van der Waals surface area contributed by atoms with Crippen LogP contribution in [0.2, 0.25) is 0 Å². The zero-order valence-corrected chi connectivity index (χ0v) is 14.0. The first-order chi connectivity index (χ1) is 8.90. The average molecular weight is 283 g/mol. The standard InChI is InChI=1S/C15H29N3S/c1-7-18(11(2)10-17(5)6)15(9-16)14-8-12(3)19-13(14)4/h8,11,15H,7,9-10,16H2,1-6H3. The van der Waals surface area contributed by atoms with Gasteiger partial charge in [-0.25, -0.2) is 0 Å². The van der Waals surface area contributed by atoms with Gasteiger partial charge in [0.2, 0.25) is 0 Å². The molecule has 3 nitrogen and oxygen atoms in total. The molecule has 4 heteroatoms. The fourth-order valence-electron chi connectivity index (χ4n) is 2.89. The summed E-state index contributed by atoms with van der Waals surface area (Å²) in [4.78, 5) is 7.55. The largest absolute Gasteiger partial charge is 0.329 e. The second-order valence-corrected chi connectivity index (χ2v) is 7.02. The summed E-state index contributed by atoms with van der Waals surface area (Å²) in [5.74, 6) is 0. The zero-order valence-electron chi connectivity index (χ0n) is 13.2. The van der Waals surface area contributed by atoms with E-state index in [9.17, 15) is 0 Å². The molecule has 0 radical (unpaired) electrons. The maximum Gasteiger partial charge on any atom is 0.0484 e. The second-order valence-electron chi connectivity index (χ2n) is 5.56. The van der Waals surface area contributed by atoms with Gasteiger partial charge in [0.05, 0.1) is 0 Å². The van der Waals surface area contributed by atoms with Crippen molar-refractivity contribution in [2.75, 3.05) is 33.7 Å². The first-order valence-corrected chi connectivity index (χ1v) is 7.89. The lowest BCUT2D eigenvalue weighted by Gasteiger charge is -2.36. The number of aryl methyl sites for hydroxylation is 2. The fraction of sp³-hybridized carbons (Fsp3) is 0.733. The van der Waals surface area contributed by atoms with Crippen molar-refractivity contribution in [1.29, 1.82) is 0 Å². The molecular formula is C15H29N3S. The molecule has 0 aromatic carbocycles. The van der Waals surface area contributed by atoms with Gasteiger partial charge in [0, 0.05) is 34.9 Å². The lowest BCUT2D eigenvalue weighted by Crippen LogP contribution is -2.44. The minimum atomic E-state index is 0.338. The Hall–Kier alpha value is -0.420. The molecule has 1 rings (SSSR count). The number of likely N-dealkylation sites (N-methyl/N-ethyl adjacent to an activating group) is 2. The summed E-state index contributed by atoms with van der Waals surface area (Å²) in [6.45, 7) is 11.7. The summed E-state index contributed by atoms with van der Waals surface area (Å²) in [7, 11) is 4.25. The molecule has 0 amide bonds. The van der Waals surface area contributed by atoms with Crippen LogP contribution in [0.25, 0.3) is 0 Å². The van der Waals surface area contributed by atoms with E-state index < -0.39 is 0 Å². The molecule has 0 saturated carbocycles. The van der Waals surface area contributed by atoms with Crippen LogP contribution in [0.15, 0.2) is 6.07 Å². The van der Waals surface area contributed by atoms with E-state index in [2.05, 4.69) is 57.7 Å². The van der Waals surface area contributed by atoms with E-state index in [1.54, 1.807) is 0 Å². The molecular weight excluding hydrogens is 254 g/mol. The first-order valence-electron chi connectivity index (χ1n) is 7.08. The average Bonchev–Trinajstić information content (AvgIpc) is 2.63. The third-order valence-electron chi connectivity index (χ3n) is 3.62. The molecule has 0 aliphatic rings. The Bertz CT molecular complexity index is 387. The van der Waals surface area contributed by atoms with Gasteiger partial charge < -0.3 is 10.6 Å². The molecule has 1 aromatic rings. The van der Waals surface area contributed by atoms with Crippen molar-refractivity contribution >= 4 is 11.3 Å². The predicted molar refractivity (Wildman–Crippen MR) is 86.0 cm³/mol. The van der Waals surface area contributed by atoms with Gasteiger partial charge in [-0.1, -0.05) is 6.92 Å². The molecule has 1 heterocycles. The van der Waals surface area contributed by atoms with Gasteiger partial charge in [-0.15, -0.1) is 11.3 Å². The van der Waals surface area contributed by atoms with E-state index in [0.717, 1.165) is 13.1 Å². The molecule has 2 N–H and O–H groups in total. The van der Waals surface area contributed by atoms with Crippen LogP contribution in [0.1, 0.15) is 35.2 Å². The highest BCUT2D eigenvalue weighted by Gasteiger charge is 2.25. The topological polar surface area (TPSA) is 32.5 Å². The van der Waals surface area contributed by atoms with E-state index in [1.807, 2.05) is 11.3 Å². The van der Waals surface area contributed by atoms with Crippen LogP contribution >= 0.6 is 11.3 Å². The van der Waals surface area contributed by atoms with Gasteiger partial charge in [-0.2, -0.15) is 0 Å². The van der Waals surface area contributed by atoms with Crippen molar-refractivity contribution in [3.63, 3.8) is 0 Å². The minimum Gasteiger partial charge on any atom is -0.329 e. The monoisotopic (exact) mass is 283 g/mol. The number of nitrogens with zero attached hydrogens (tertiary/aromatic N) is 2. The summed E-state index contributed by atoms with van der Waals surface area (Å²) in [5.41, 5.74) is 7.49. The van der Waals surface area contributed by atoms with Gasteiger partial charge >= 0.3 is 0 Å². The van der Waals surface area contributed by atoms with Gasteiger partial charge in [0.1, 0.15) is 0 Å². The first kappa shape index (κ1) is 16.6. The molecule has 0 saturated heterocycles. The molecule has 2 unspecified atom stereocenters. The van der Waals surface area contributed by atoms with Crippen LogP contribution in [0.5, 0.6) is 0 Å². The number of hydrogen-bond donors (Lipinski definition) is 1. The molecule has 2 atom stereocenters. The highest BCUT2D eigenvalue weighted by Crippen LogP contribution is 2.30. The Kier molecular flexibility index (Phi) is 6.47. The maximum atomic E-state index is 6.08. The summed E-state index contributed by atoms with van der Waals surface area (Å²) in [5, 5.41) is 0. The van der Waals surface area contributed by atoms with Crippen LogP contribution < -0.4 is 5.73 Å². The lowest BCUT2D eigenvalue weighted by molar-refractivity contribution is 0.131. The number of hydrogen-bond acceptors (Lipinski definition) is 4. The molecule has 0 aliphatic carbocycles. The van der Waals surface area contributed by atoms with E-state index in [4.69, 9.17) is 5.73 Å². The van der Waals surface area contributed by atoms with Crippen LogP contribution in [0.4, 0.5) is 0 Å². The maximum absolute atomic E-state index is 6.08. The van der Waals surface area contributed by atoms with E-state index in [-0.39, 0.29) is 0 Å². The van der Waals surface area contributed by atoms with Crippen molar-refractivity contribution in [3.05, 3.63) is 21.4 Å². The summed E-state index contributed by atoms with van der Waals surface area (Å²) in [6.07, 6.45) is 0. The highest BCUT2D eigenvalue weighted by atomic mass is 32.1. The van der Waals surface area contributed by atoms with Crippen molar-refractivity contribution < 1.29 is 0 Å². The molecule has 1 aromatic heterocycles. The fourth-order valence-corrected chi connectivity index (χ4v) is 3.88. The summed E-state index contributed by atoms with van der Waals surface area (Å²) < 4.78 is 0. The van der Waals surface area contributed by atoms with Gasteiger partial charge in [-0.05, 0) is 53.0 Å². The SMILES string of the molecule is CCN(C(C)CN(C)C)C(CN)c1cc(C)sc1C. The quantitative estimate of drug-likeness (QED) is 0.835. The van der Waals surface area contributed by atoms with Gasteiger partial charge in [-0.3, -0.25) is 4.90 Å². The lowest BCUT2D eigenvalue weighted by atomic mass is 10.0. The summed E-state index contributed by atoms with van der Waals surface area (Å²) >= 11 is 1.87.